The fraction of sp³-hybridized carbons (Fsp3) is 0.176. The normalized spacial score (nSPS) is 15.3. The second-order valence-electron chi connectivity index (χ2n) is 6.06. The molecule has 0 saturated carbocycles. The number of anilines is 3. The zero-order chi connectivity index (χ0) is 18.5. The number of fused-ring (bicyclic) bond motifs is 2. The molecule has 4 rings (SSSR count). The van der Waals surface area contributed by atoms with Gasteiger partial charge in [-0.15, -0.1) is 0 Å². The molecule has 0 radical (unpaired) electrons. The van der Waals surface area contributed by atoms with Crippen molar-refractivity contribution in [3.8, 4) is 0 Å². The van der Waals surface area contributed by atoms with Crippen LogP contribution in [0.3, 0.4) is 0 Å². The second-order valence-corrected chi connectivity index (χ2v) is 8.05. The van der Waals surface area contributed by atoms with E-state index in [1.165, 1.54) is 22.7 Å². The van der Waals surface area contributed by atoms with E-state index in [2.05, 4.69) is 10.3 Å². The van der Waals surface area contributed by atoms with Crippen molar-refractivity contribution >= 4 is 44.2 Å². The van der Waals surface area contributed by atoms with Gasteiger partial charge in [0.15, 0.2) is 0 Å². The summed E-state index contributed by atoms with van der Waals surface area (Å²) >= 11 is 0. The smallest absolute Gasteiger partial charge is 0.324 e. The minimum Gasteiger partial charge on any atom is -0.324 e. The van der Waals surface area contributed by atoms with E-state index < -0.39 is 10.2 Å². The number of rotatable bonds is 3. The molecule has 0 aliphatic carbocycles. The van der Waals surface area contributed by atoms with Crippen LogP contribution in [-0.4, -0.2) is 38.0 Å². The molecule has 3 aromatic rings. The molecule has 2 heterocycles. The molecule has 9 heteroatoms. The van der Waals surface area contributed by atoms with Gasteiger partial charge in [-0.3, -0.25) is 13.4 Å². The third-order valence-corrected chi connectivity index (χ3v) is 6.25. The molecular formula is C17H17N5O3S. The van der Waals surface area contributed by atoms with Gasteiger partial charge >= 0.3 is 10.2 Å². The van der Waals surface area contributed by atoms with Crippen molar-refractivity contribution < 1.29 is 13.2 Å². The zero-order valence-electron chi connectivity index (χ0n) is 14.2. The zero-order valence-corrected chi connectivity index (χ0v) is 15.1. The van der Waals surface area contributed by atoms with Crippen LogP contribution in [0.5, 0.6) is 0 Å². The van der Waals surface area contributed by atoms with Gasteiger partial charge < -0.3 is 9.88 Å². The largest absolute Gasteiger partial charge is 0.326 e. The van der Waals surface area contributed by atoms with Gasteiger partial charge in [0, 0.05) is 19.8 Å². The van der Waals surface area contributed by atoms with Gasteiger partial charge in [0.2, 0.25) is 5.91 Å². The number of nitrogens with one attached hydrogen (secondary N) is 1. The number of carbonyl (C=O) groups is 1. The molecular weight excluding hydrogens is 354 g/mol. The first-order chi connectivity index (χ1) is 12.4. The van der Waals surface area contributed by atoms with Crippen LogP contribution in [0.25, 0.3) is 11.0 Å². The third-order valence-electron chi connectivity index (χ3n) is 4.47. The van der Waals surface area contributed by atoms with Crippen molar-refractivity contribution in [2.24, 2.45) is 0 Å². The van der Waals surface area contributed by atoms with Gasteiger partial charge in [-0.2, -0.15) is 8.42 Å². The van der Waals surface area contributed by atoms with Gasteiger partial charge in [-0.1, -0.05) is 12.1 Å². The molecule has 1 amide bonds. The molecule has 0 saturated heterocycles. The molecule has 0 spiro atoms. The number of carbonyl (C=O) groups excluding carboxylic acids is 1. The molecule has 0 atom stereocenters. The summed E-state index contributed by atoms with van der Waals surface area (Å²) in [5.74, 6) is -0.218. The molecule has 1 aliphatic rings. The monoisotopic (exact) mass is 371 g/mol. The molecule has 1 aromatic heterocycles. The summed E-state index contributed by atoms with van der Waals surface area (Å²) in [5, 5.41) is 2.81. The van der Waals surface area contributed by atoms with Gasteiger partial charge in [0.1, 0.15) is 6.54 Å². The maximum absolute atomic E-state index is 12.4. The van der Waals surface area contributed by atoms with Crippen LogP contribution in [0.2, 0.25) is 0 Å². The Balaban J connectivity index is 1.55. The summed E-state index contributed by atoms with van der Waals surface area (Å²) < 4.78 is 28.5. The topological polar surface area (TPSA) is 87.5 Å². The van der Waals surface area contributed by atoms with E-state index >= 15 is 0 Å². The van der Waals surface area contributed by atoms with Crippen LogP contribution in [0.4, 0.5) is 17.1 Å². The van der Waals surface area contributed by atoms with Crippen molar-refractivity contribution in [3.63, 3.8) is 0 Å². The highest BCUT2D eigenvalue weighted by Crippen LogP contribution is 2.40. The Labute approximate surface area is 150 Å². The lowest BCUT2D eigenvalue weighted by Crippen LogP contribution is -2.32. The fourth-order valence-electron chi connectivity index (χ4n) is 3.04. The predicted molar refractivity (Wildman–Crippen MR) is 101 cm³/mol. The number of imidazole rings is 1. The summed E-state index contributed by atoms with van der Waals surface area (Å²) in [6.07, 6.45) is 1.63. The van der Waals surface area contributed by atoms with Crippen LogP contribution in [0.15, 0.2) is 48.8 Å². The van der Waals surface area contributed by atoms with Crippen LogP contribution >= 0.6 is 0 Å². The highest BCUT2D eigenvalue weighted by atomic mass is 32.2. The molecule has 2 aromatic carbocycles. The molecule has 8 nitrogen and oxygen atoms in total. The van der Waals surface area contributed by atoms with Crippen LogP contribution in [0, 0.1) is 0 Å². The van der Waals surface area contributed by atoms with Gasteiger partial charge in [0.05, 0.1) is 28.7 Å². The Kier molecular flexibility index (Phi) is 3.62. The Morgan fingerprint density at radius 3 is 2.62 bits per heavy atom. The SMILES string of the molecule is CN1c2ccc(NC(=O)Cn3cnc4ccccc43)cc2N(C)S1(=O)=O. The van der Waals surface area contributed by atoms with Gasteiger partial charge in [-0.05, 0) is 30.3 Å². The van der Waals surface area contributed by atoms with Crippen molar-refractivity contribution in [1.82, 2.24) is 9.55 Å². The van der Waals surface area contributed by atoms with E-state index in [0.717, 1.165) is 11.0 Å². The molecule has 1 aliphatic heterocycles. The average molecular weight is 371 g/mol. The lowest BCUT2D eigenvalue weighted by Gasteiger charge is -2.13. The molecule has 0 bridgehead atoms. The highest BCUT2D eigenvalue weighted by Gasteiger charge is 2.35. The first kappa shape index (κ1) is 16.4. The Bertz CT molecular complexity index is 1120. The lowest BCUT2D eigenvalue weighted by molar-refractivity contribution is -0.116. The number of nitrogens with zero attached hydrogens (tertiary/aromatic N) is 4. The van der Waals surface area contributed by atoms with E-state index in [-0.39, 0.29) is 12.5 Å². The quantitative estimate of drug-likeness (QED) is 0.761. The molecule has 26 heavy (non-hydrogen) atoms. The van der Waals surface area contributed by atoms with Gasteiger partial charge in [-0.25, -0.2) is 4.98 Å². The number of amides is 1. The standard InChI is InChI=1S/C17H17N5O3S/c1-20-15-8-7-12(9-16(15)21(2)26(20,24)25)19-17(23)10-22-11-18-13-5-3-4-6-14(13)22/h3-9,11H,10H2,1-2H3,(H,19,23). The van der Waals surface area contributed by atoms with E-state index in [1.807, 2.05) is 24.3 Å². The predicted octanol–water partition coefficient (Wildman–Crippen LogP) is 1.81. The van der Waals surface area contributed by atoms with Crippen LogP contribution in [-0.2, 0) is 21.5 Å². The first-order valence-electron chi connectivity index (χ1n) is 7.94. The number of hydrogen-bond donors (Lipinski definition) is 1. The van der Waals surface area contributed by atoms with Crippen molar-refractivity contribution in [3.05, 3.63) is 48.8 Å². The summed E-state index contributed by atoms with van der Waals surface area (Å²) in [7, 11) is -0.545. The molecule has 1 N–H and O–H groups in total. The summed E-state index contributed by atoms with van der Waals surface area (Å²) in [6, 6.07) is 12.6. The van der Waals surface area contributed by atoms with Crippen molar-refractivity contribution in [2.75, 3.05) is 28.0 Å². The van der Waals surface area contributed by atoms with E-state index in [0.29, 0.717) is 17.1 Å². The number of para-hydroxylation sites is 2. The van der Waals surface area contributed by atoms with E-state index in [4.69, 9.17) is 0 Å². The maximum Gasteiger partial charge on any atom is 0.326 e. The molecule has 0 fully saturated rings. The Morgan fingerprint density at radius 2 is 1.81 bits per heavy atom. The minimum absolute atomic E-state index is 0.117. The summed E-state index contributed by atoms with van der Waals surface area (Å²) in [4.78, 5) is 16.7. The van der Waals surface area contributed by atoms with Crippen LogP contribution < -0.4 is 13.9 Å². The molecule has 134 valence electrons. The van der Waals surface area contributed by atoms with Crippen molar-refractivity contribution in [2.45, 2.75) is 6.54 Å². The Hall–Kier alpha value is -3.07. The Morgan fingerprint density at radius 1 is 1.08 bits per heavy atom. The van der Waals surface area contributed by atoms with E-state index in [9.17, 15) is 13.2 Å². The first-order valence-corrected chi connectivity index (χ1v) is 9.34. The number of aromatic nitrogens is 2. The molecule has 0 unspecified atom stereocenters. The van der Waals surface area contributed by atoms with Crippen LogP contribution in [0.1, 0.15) is 0 Å². The third kappa shape index (κ3) is 2.48. The fourth-order valence-corrected chi connectivity index (χ4v) is 4.21. The van der Waals surface area contributed by atoms with Gasteiger partial charge in [0.25, 0.3) is 0 Å². The minimum atomic E-state index is -3.53. The summed E-state index contributed by atoms with van der Waals surface area (Å²) in [5.41, 5.74) is 3.34. The average Bonchev–Trinajstić information content (AvgIpc) is 3.09. The number of hydrogen-bond acceptors (Lipinski definition) is 4. The second kappa shape index (κ2) is 5.73. The highest BCUT2D eigenvalue weighted by molar-refractivity contribution is 7.94. The summed E-state index contributed by atoms with van der Waals surface area (Å²) in [6.45, 7) is 0.117. The lowest BCUT2D eigenvalue weighted by atomic mass is 10.2. The van der Waals surface area contributed by atoms with Crippen molar-refractivity contribution in [1.29, 1.82) is 0 Å². The maximum atomic E-state index is 12.4. The number of benzene rings is 2. The van der Waals surface area contributed by atoms with E-state index in [1.54, 1.807) is 29.1 Å².